The van der Waals surface area contributed by atoms with Gasteiger partial charge in [-0.15, -0.1) is 4.91 Å². The van der Waals surface area contributed by atoms with Crippen molar-refractivity contribution in [3.63, 3.8) is 0 Å². The molecule has 0 spiro atoms. The summed E-state index contributed by atoms with van der Waals surface area (Å²) < 4.78 is 38.9. The van der Waals surface area contributed by atoms with Crippen molar-refractivity contribution in [2.45, 2.75) is 37.4 Å². The molecule has 0 radical (unpaired) electrons. The Morgan fingerprint density at radius 1 is 1.16 bits per heavy atom. The Morgan fingerprint density at radius 3 is 2.42 bits per heavy atom. The molecular formula is C13H12F3NO2. The molecule has 3 nitrogen and oxygen atoms in total. The minimum atomic E-state index is -4.61. The number of alkyl halides is 3. The number of carbonyl (C=O) groups excluding carboxylic acids is 1. The summed E-state index contributed by atoms with van der Waals surface area (Å²) >= 11 is 0. The van der Waals surface area contributed by atoms with Crippen LogP contribution in [-0.2, 0) is 16.5 Å². The molecule has 2 rings (SSSR count). The topological polar surface area (TPSA) is 46.5 Å². The molecule has 0 aliphatic heterocycles. The molecule has 1 aliphatic rings. The van der Waals surface area contributed by atoms with Crippen LogP contribution in [0.25, 0.3) is 0 Å². The van der Waals surface area contributed by atoms with E-state index >= 15 is 0 Å². The van der Waals surface area contributed by atoms with E-state index in [2.05, 4.69) is 5.18 Å². The van der Waals surface area contributed by atoms with Crippen LogP contribution in [0.3, 0.4) is 0 Å². The van der Waals surface area contributed by atoms with Crippen LogP contribution in [-0.4, -0.2) is 5.78 Å². The lowest BCUT2D eigenvalue weighted by Crippen LogP contribution is -2.38. The molecule has 0 bridgehead atoms. The molecule has 1 saturated carbocycles. The van der Waals surface area contributed by atoms with Crippen LogP contribution >= 0.6 is 0 Å². The lowest BCUT2D eigenvalue weighted by Gasteiger charge is -2.31. The van der Waals surface area contributed by atoms with Gasteiger partial charge < -0.3 is 0 Å². The number of hydrogen-bond acceptors (Lipinski definition) is 3. The number of rotatable bonds is 2. The minimum Gasteiger partial charge on any atom is -0.296 e. The predicted molar refractivity (Wildman–Crippen MR) is 62.4 cm³/mol. The number of ketones is 1. The van der Waals surface area contributed by atoms with Crippen LogP contribution in [0.15, 0.2) is 29.4 Å². The van der Waals surface area contributed by atoms with E-state index in [-0.39, 0.29) is 18.4 Å². The van der Waals surface area contributed by atoms with Crippen LogP contribution in [0.4, 0.5) is 13.2 Å². The third-order valence-electron chi connectivity index (χ3n) is 3.49. The van der Waals surface area contributed by atoms with Crippen LogP contribution in [0, 0.1) is 4.91 Å². The summed E-state index contributed by atoms with van der Waals surface area (Å²) in [5.74, 6) is -0.523. The van der Waals surface area contributed by atoms with Gasteiger partial charge in [0, 0.05) is 12.0 Å². The van der Waals surface area contributed by atoms with E-state index in [4.69, 9.17) is 0 Å². The maximum Gasteiger partial charge on any atom is 0.416 e. The molecule has 0 aromatic heterocycles. The van der Waals surface area contributed by atoms with Crippen molar-refractivity contribution < 1.29 is 18.0 Å². The highest BCUT2D eigenvalue weighted by Crippen LogP contribution is 2.43. The fourth-order valence-corrected chi connectivity index (χ4v) is 2.53. The molecule has 1 aromatic carbocycles. The van der Waals surface area contributed by atoms with E-state index < -0.39 is 23.1 Å². The molecule has 1 atom stereocenters. The Labute approximate surface area is 107 Å². The monoisotopic (exact) mass is 271 g/mol. The van der Waals surface area contributed by atoms with E-state index in [9.17, 15) is 22.9 Å². The summed E-state index contributed by atoms with van der Waals surface area (Å²) in [5.41, 5.74) is -3.14. The van der Waals surface area contributed by atoms with Crippen molar-refractivity contribution in [3.05, 3.63) is 40.3 Å². The van der Waals surface area contributed by atoms with Crippen LogP contribution in [0.2, 0.25) is 0 Å². The van der Waals surface area contributed by atoms with E-state index in [1.54, 1.807) is 0 Å². The summed E-state index contributed by atoms with van der Waals surface area (Å²) in [6.45, 7) is 0. The number of hydrogen-bond donors (Lipinski definition) is 0. The van der Waals surface area contributed by atoms with Gasteiger partial charge in [0.05, 0.1) is 5.56 Å². The summed E-state index contributed by atoms with van der Waals surface area (Å²) in [6.07, 6.45) is -3.36. The van der Waals surface area contributed by atoms with Crippen LogP contribution < -0.4 is 0 Å². The first kappa shape index (κ1) is 13.7. The highest BCUT2D eigenvalue weighted by molar-refractivity contribution is 5.91. The smallest absolute Gasteiger partial charge is 0.296 e. The van der Waals surface area contributed by atoms with Gasteiger partial charge in [-0.25, -0.2) is 0 Å². The maximum absolute atomic E-state index is 13.0. The van der Waals surface area contributed by atoms with Gasteiger partial charge in [-0.3, -0.25) is 4.79 Å². The quantitative estimate of drug-likeness (QED) is 0.768. The second-order valence-corrected chi connectivity index (χ2v) is 4.63. The predicted octanol–water partition coefficient (Wildman–Crippen LogP) is 3.81. The van der Waals surface area contributed by atoms with Gasteiger partial charge in [0.25, 0.3) is 0 Å². The van der Waals surface area contributed by atoms with Gasteiger partial charge in [-0.2, -0.15) is 13.2 Å². The number of nitroso groups, excluding NO2 is 1. The molecule has 1 aliphatic carbocycles. The first-order chi connectivity index (χ1) is 8.92. The van der Waals surface area contributed by atoms with Gasteiger partial charge in [0.15, 0.2) is 11.3 Å². The molecule has 0 amide bonds. The van der Waals surface area contributed by atoms with Crippen LogP contribution in [0.5, 0.6) is 0 Å². The molecule has 19 heavy (non-hydrogen) atoms. The average molecular weight is 271 g/mol. The van der Waals surface area contributed by atoms with E-state index in [1.807, 2.05) is 0 Å². The second-order valence-electron chi connectivity index (χ2n) is 4.63. The molecule has 1 unspecified atom stereocenters. The zero-order valence-corrected chi connectivity index (χ0v) is 10.0. The largest absolute Gasteiger partial charge is 0.416 e. The van der Waals surface area contributed by atoms with Crippen molar-refractivity contribution in [1.29, 1.82) is 0 Å². The van der Waals surface area contributed by atoms with Crippen molar-refractivity contribution >= 4 is 5.78 Å². The number of nitrogens with zero attached hydrogens (tertiary/aromatic N) is 1. The molecule has 0 N–H and O–H groups in total. The maximum atomic E-state index is 13.0. The van der Waals surface area contributed by atoms with Gasteiger partial charge in [0.2, 0.25) is 0 Å². The van der Waals surface area contributed by atoms with Gasteiger partial charge >= 0.3 is 6.18 Å². The summed E-state index contributed by atoms with van der Waals surface area (Å²) in [4.78, 5) is 23.1. The fraction of sp³-hybridized carbons (Fsp3) is 0.462. The Hall–Kier alpha value is -1.72. The van der Waals surface area contributed by atoms with Crippen molar-refractivity contribution in [3.8, 4) is 0 Å². The van der Waals surface area contributed by atoms with Crippen molar-refractivity contribution in [2.75, 3.05) is 0 Å². The summed E-state index contributed by atoms with van der Waals surface area (Å²) in [5, 5.41) is 2.80. The second kappa shape index (κ2) is 4.75. The Balaban J connectivity index is 2.62. The molecule has 6 heteroatoms. The molecule has 0 saturated heterocycles. The minimum absolute atomic E-state index is 0.0441. The molecular weight excluding hydrogens is 259 g/mol. The Morgan fingerprint density at radius 2 is 1.84 bits per heavy atom. The first-order valence-corrected chi connectivity index (χ1v) is 5.96. The van der Waals surface area contributed by atoms with Gasteiger partial charge in [0.1, 0.15) is 0 Å². The molecule has 1 fully saturated rings. The van der Waals surface area contributed by atoms with Crippen molar-refractivity contribution in [2.24, 2.45) is 5.18 Å². The third-order valence-corrected chi connectivity index (χ3v) is 3.49. The highest BCUT2D eigenvalue weighted by atomic mass is 19.4. The average Bonchev–Trinajstić information content (AvgIpc) is 2.39. The Kier molecular flexibility index (Phi) is 3.43. The third kappa shape index (κ3) is 2.27. The number of halogens is 3. The van der Waals surface area contributed by atoms with Gasteiger partial charge in [-0.1, -0.05) is 23.4 Å². The number of Topliss-reactive ketones (excluding diaryl/α,β-unsaturated/α-hetero) is 1. The molecule has 1 aromatic rings. The molecule has 102 valence electrons. The van der Waals surface area contributed by atoms with Gasteiger partial charge in [-0.05, 0) is 25.3 Å². The molecule has 0 heterocycles. The number of benzene rings is 1. The lowest BCUT2D eigenvalue weighted by atomic mass is 9.74. The standard InChI is InChI=1S/C13H12F3NO2/c14-13(15,16)10-6-2-1-5-9(10)12(17-19)8-4-3-7-11(12)18/h1-2,5-6H,3-4,7-8H2. The van der Waals surface area contributed by atoms with E-state index in [1.165, 1.54) is 18.2 Å². The summed E-state index contributed by atoms with van der Waals surface area (Å²) in [7, 11) is 0. The Bertz CT molecular complexity index is 513. The first-order valence-electron chi connectivity index (χ1n) is 5.96. The fourth-order valence-electron chi connectivity index (χ4n) is 2.53. The SMILES string of the molecule is O=NC1(c2ccccc2C(F)(F)F)CCCCC1=O. The zero-order chi connectivity index (χ0) is 14.1. The zero-order valence-electron chi connectivity index (χ0n) is 10.0. The van der Waals surface area contributed by atoms with E-state index in [0.717, 1.165) is 6.07 Å². The normalized spacial score (nSPS) is 24.3. The highest BCUT2D eigenvalue weighted by Gasteiger charge is 2.48. The lowest BCUT2D eigenvalue weighted by molar-refractivity contribution is -0.139. The van der Waals surface area contributed by atoms with Crippen molar-refractivity contribution in [1.82, 2.24) is 0 Å². The number of carbonyl (C=O) groups is 1. The summed E-state index contributed by atoms with van der Waals surface area (Å²) in [6, 6.07) is 4.68. The van der Waals surface area contributed by atoms with E-state index in [0.29, 0.717) is 12.8 Å². The van der Waals surface area contributed by atoms with Crippen LogP contribution in [0.1, 0.15) is 36.8 Å².